The summed E-state index contributed by atoms with van der Waals surface area (Å²) >= 11 is 5.81. The molecule has 0 aromatic heterocycles. The number of hydrogen-bond donors (Lipinski definition) is 2. The van der Waals surface area contributed by atoms with E-state index < -0.39 is 11.6 Å². The molecule has 0 heterocycles. The summed E-state index contributed by atoms with van der Waals surface area (Å²) in [5.41, 5.74) is -1.74. The number of carboxylic acids is 1. The maximum Gasteiger partial charge on any atom is 0.340 e. The van der Waals surface area contributed by atoms with Gasteiger partial charge in [0.2, 0.25) is 0 Å². The Morgan fingerprint density at radius 1 is 1.53 bits per heavy atom. The maximum atomic E-state index is 10.8. The molecular weight excluding hydrogens is 220 g/mol. The van der Waals surface area contributed by atoms with Gasteiger partial charge in [-0.15, -0.1) is 0 Å². The zero-order valence-corrected chi connectivity index (χ0v) is 9.08. The van der Waals surface area contributed by atoms with Crippen LogP contribution in [0.3, 0.4) is 0 Å². The van der Waals surface area contributed by atoms with Crippen LogP contribution in [0.25, 0.3) is 0 Å². The summed E-state index contributed by atoms with van der Waals surface area (Å²) in [4.78, 5) is 10.8. The van der Waals surface area contributed by atoms with Gasteiger partial charge in [0, 0.05) is 0 Å². The number of ether oxygens (including phenoxy) is 1. The van der Waals surface area contributed by atoms with Crippen molar-refractivity contribution in [1.29, 1.82) is 0 Å². The second-order valence-electron chi connectivity index (χ2n) is 3.23. The van der Waals surface area contributed by atoms with Gasteiger partial charge in [0.25, 0.3) is 0 Å². The van der Waals surface area contributed by atoms with Crippen molar-refractivity contribution in [3.05, 3.63) is 28.8 Å². The highest BCUT2D eigenvalue weighted by molar-refractivity contribution is 6.32. The number of aliphatic hydroxyl groups is 1. The van der Waals surface area contributed by atoms with Crippen molar-refractivity contribution in [3.8, 4) is 5.75 Å². The molecule has 0 bridgehead atoms. The van der Waals surface area contributed by atoms with Crippen LogP contribution in [0.15, 0.2) is 18.2 Å². The molecular formula is C10H11ClO4. The number of carbonyl (C=O) groups is 1. The number of aliphatic carboxylic acids is 1. The molecule has 5 heteroatoms. The summed E-state index contributed by atoms with van der Waals surface area (Å²) in [6.45, 7) is 1.19. The van der Waals surface area contributed by atoms with E-state index in [1.165, 1.54) is 32.2 Å². The number of benzene rings is 1. The van der Waals surface area contributed by atoms with Gasteiger partial charge in [-0.3, -0.25) is 0 Å². The van der Waals surface area contributed by atoms with E-state index in [1.807, 2.05) is 0 Å². The molecule has 0 aliphatic rings. The smallest absolute Gasteiger partial charge is 0.340 e. The first-order valence-corrected chi connectivity index (χ1v) is 4.57. The van der Waals surface area contributed by atoms with Crippen LogP contribution in [0.4, 0.5) is 0 Å². The zero-order chi connectivity index (χ0) is 11.6. The highest BCUT2D eigenvalue weighted by Crippen LogP contribution is 2.30. The van der Waals surface area contributed by atoms with Crippen LogP contribution in [-0.4, -0.2) is 23.3 Å². The zero-order valence-electron chi connectivity index (χ0n) is 8.32. The minimum absolute atomic E-state index is 0.209. The molecule has 0 spiro atoms. The van der Waals surface area contributed by atoms with Crippen molar-refractivity contribution >= 4 is 17.6 Å². The molecule has 0 amide bonds. The third-order valence-electron chi connectivity index (χ3n) is 2.13. The molecule has 0 radical (unpaired) electrons. The molecule has 0 unspecified atom stereocenters. The summed E-state index contributed by atoms with van der Waals surface area (Å²) < 4.78 is 4.91. The lowest BCUT2D eigenvalue weighted by atomic mass is 9.96. The lowest BCUT2D eigenvalue weighted by Gasteiger charge is -2.19. The summed E-state index contributed by atoms with van der Waals surface area (Å²) in [6, 6.07) is 4.34. The average Bonchev–Trinajstić information content (AvgIpc) is 2.17. The molecule has 1 aromatic rings. The standard InChI is InChI=1S/C10H11ClO4/c1-10(14,9(12)13)6-3-4-8(15-2)7(11)5-6/h3-5,14H,1-2H3,(H,12,13)/t10-/m1/s1. The third-order valence-corrected chi connectivity index (χ3v) is 2.43. The monoisotopic (exact) mass is 230 g/mol. The average molecular weight is 231 g/mol. The summed E-state index contributed by atoms with van der Waals surface area (Å²) in [5.74, 6) is -0.898. The maximum absolute atomic E-state index is 10.8. The van der Waals surface area contributed by atoms with E-state index in [0.717, 1.165) is 0 Å². The van der Waals surface area contributed by atoms with E-state index in [-0.39, 0.29) is 10.6 Å². The molecule has 2 N–H and O–H groups in total. The second kappa shape index (κ2) is 4.08. The molecule has 1 rings (SSSR count). The topological polar surface area (TPSA) is 66.8 Å². The van der Waals surface area contributed by atoms with Crippen LogP contribution in [-0.2, 0) is 10.4 Å². The summed E-state index contributed by atoms with van der Waals surface area (Å²) in [5, 5.41) is 18.7. The van der Waals surface area contributed by atoms with Gasteiger partial charge < -0.3 is 14.9 Å². The Balaban J connectivity index is 3.18. The molecule has 82 valence electrons. The van der Waals surface area contributed by atoms with Crippen LogP contribution in [0.2, 0.25) is 5.02 Å². The quantitative estimate of drug-likeness (QED) is 0.829. The van der Waals surface area contributed by atoms with Crippen molar-refractivity contribution in [2.45, 2.75) is 12.5 Å². The second-order valence-corrected chi connectivity index (χ2v) is 3.63. The Bertz CT molecular complexity index is 387. The Hall–Kier alpha value is -1.26. The van der Waals surface area contributed by atoms with E-state index in [2.05, 4.69) is 0 Å². The molecule has 0 saturated carbocycles. The van der Waals surface area contributed by atoms with Crippen molar-refractivity contribution in [1.82, 2.24) is 0 Å². The van der Waals surface area contributed by atoms with E-state index in [9.17, 15) is 9.90 Å². The SMILES string of the molecule is COc1ccc([C@@](C)(O)C(=O)O)cc1Cl. The number of rotatable bonds is 3. The molecule has 0 aliphatic heterocycles. The van der Waals surface area contributed by atoms with Crippen LogP contribution in [0.1, 0.15) is 12.5 Å². The number of halogens is 1. The van der Waals surface area contributed by atoms with E-state index >= 15 is 0 Å². The van der Waals surface area contributed by atoms with Crippen LogP contribution in [0.5, 0.6) is 5.75 Å². The Morgan fingerprint density at radius 3 is 2.53 bits per heavy atom. The Morgan fingerprint density at radius 2 is 2.13 bits per heavy atom. The first kappa shape index (κ1) is 11.8. The van der Waals surface area contributed by atoms with Gasteiger partial charge >= 0.3 is 5.97 Å². The Labute approximate surface area is 92.1 Å². The van der Waals surface area contributed by atoms with Crippen LogP contribution in [0, 0.1) is 0 Å². The van der Waals surface area contributed by atoms with Gasteiger partial charge in [0.15, 0.2) is 5.60 Å². The highest BCUT2D eigenvalue weighted by Gasteiger charge is 2.32. The number of methoxy groups -OCH3 is 1. The molecule has 0 fully saturated rings. The normalized spacial score (nSPS) is 14.4. The fourth-order valence-electron chi connectivity index (χ4n) is 1.09. The Kier molecular flexibility index (Phi) is 3.21. The summed E-state index contributed by atoms with van der Waals surface area (Å²) in [7, 11) is 1.45. The molecule has 0 saturated heterocycles. The van der Waals surface area contributed by atoms with E-state index in [0.29, 0.717) is 5.75 Å². The van der Waals surface area contributed by atoms with E-state index in [1.54, 1.807) is 0 Å². The first-order valence-electron chi connectivity index (χ1n) is 4.19. The van der Waals surface area contributed by atoms with Crippen LogP contribution < -0.4 is 4.74 Å². The predicted octanol–water partition coefficient (Wildman–Crippen LogP) is 1.64. The van der Waals surface area contributed by atoms with Crippen LogP contribution >= 0.6 is 11.6 Å². The minimum Gasteiger partial charge on any atom is -0.495 e. The van der Waals surface area contributed by atoms with Gasteiger partial charge in [-0.2, -0.15) is 0 Å². The van der Waals surface area contributed by atoms with Crippen molar-refractivity contribution in [3.63, 3.8) is 0 Å². The number of carboxylic acid groups (broad SMARTS) is 1. The minimum atomic E-state index is -1.95. The first-order chi connectivity index (χ1) is 6.89. The lowest BCUT2D eigenvalue weighted by molar-refractivity contribution is -0.157. The molecule has 4 nitrogen and oxygen atoms in total. The van der Waals surface area contributed by atoms with Crippen molar-refractivity contribution < 1.29 is 19.7 Å². The van der Waals surface area contributed by atoms with Gasteiger partial charge in [-0.05, 0) is 24.6 Å². The van der Waals surface area contributed by atoms with Gasteiger partial charge in [-0.1, -0.05) is 17.7 Å². The highest BCUT2D eigenvalue weighted by atomic mass is 35.5. The predicted molar refractivity (Wildman–Crippen MR) is 55.2 cm³/mol. The van der Waals surface area contributed by atoms with E-state index in [4.69, 9.17) is 21.4 Å². The molecule has 1 aromatic carbocycles. The third kappa shape index (κ3) is 2.22. The molecule has 15 heavy (non-hydrogen) atoms. The van der Waals surface area contributed by atoms with Gasteiger partial charge in [0.1, 0.15) is 5.75 Å². The number of hydrogen-bond acceptors (Lipinski definition) is 3. The van der Waals surface area contributed by atoms with Gasteiger partial charge in [-0.25, -0.2) is 4.79 Å². The molecule has 1 atom stereocenters. The largest absolute Gasteiger partial charge is 0.495 e. The van der Waals surface area contributed by atoms with Crippen molar-refractivity contribution in [2.24, 2.45) is 0 Å². The summed E-state index contributed by atoms with van der Waals surface area (Å²) in [6.07, 6.45) is 0. The van der Waals surface area contributed by atoms with Gasteiger partial charge in [0.05, 0.1) is 12.1 Å². The fraction of sp³-hybridized carbons (Fsp3) is 0.300. The van der Waals surface area contributed by atoms with Crippen molar-refractivity contribution in [2.75, 3.05) is 7.11 Å². The lowest BCUT2D eigenvalue weighted by Crippen LogP contribution is -2.31. The molecule has 0 aliphatic carbocycles. The fourth-order valence-corrected chi connectivity index (χ4v) is 1.35.